The molecule has 5 fully saturated rings. The van der Waals surface area contributed by atoms with Crippen LogP contribution in [0.4, 0.5) is 5.82 Å². The van der Waals surface area contributed by atoms with Crippen molar-refractivity contribution in [3.63, 3.8) is 0 Å². The molecule has 0 radical (unpaired) electrons. The molecule has 4 bridgehead atoms. The zero-order valence-electron chi connectivity index (χ0n) is 15.8. The van der Waals surface area contributed by atoms with Gasteiger partial charge in [-0.1, -0.05) is 0 Å². The fraction of sp³-hybridized carbons (Fsp3) is 0.714. The number of aliphatic hydroxyl groups is 1. The largest absolute Gasteiger partial charge is 0.506 e. The van der Waals surface area contributed by atoms with Crippen molar-refractivity contribution in [1.29, 1.82) is 0 Å². The second kappa shape index (κ2) is 6.09. The highest BCUT2D eigenvalue weighted by atomic mass is 16.3. The maximum atomic E-state index is 13.1. The second-order valence-electron chi connectivity index (χ2n) is 9.60. The van der Waals surface area contributed by atoms with Crippen molar-refractivity contribution in [2.75, 3.05) is 31.1 Å². The minimum Gasteiger partial charge on any atom is -0.506 e. The molecule has 1 aliphatic heterocycles. The van der Waals surface area contributed by atoms with E-state index in [0.717, 1.165) is 51.0 Å². The van der Waals surface area contributed by atoms with Crippen LogP contribution in [0.15, 0.2) is 18.3 Å². The quantitative estimate of drug-likeness (QED) is 0.851. The molecule has 5 aliphatic rings. The van der Waals surface area contributed by atoms with Crippen LogP contribution in [0.25, 0.3) is 0 Å². The van der Waals surface area contributed by atoms with Gasteiger partial charge in [-0.2, -0.15) is 0 Å². The first-order valence-corrected chi connectivity index (χ1v) is 10.3. The lowest BCUT2D eigenvalue weighted by molar-refractivity contribution is -0.172. The van der Waals surface area contributed by atoms with Crippen LogP contribution < -0.4 is 4.90 Å². The molecule has 27 heavy (non-hydrogen) atoms. The summed E-state index contributed by atoms with van der Waals surface area (Å²) in [7, 11) is 0. The Labute approximate surface area is 160 Å². The molecule has 2 unspecified atom stereocenters. The van der Waals surface area contributed by atoms with Crippen molar-refractivity contribution in [2.24, 2.45) is 17.3 Å². The summed E-state index contributed by atoms with van der Waals surface area (Å²) in [6, 6.07) is 3.47. The van der Waals surface area contributed by atoms with Gasteiger partial charge in [-0.15, -0.1) is 0 Å². The first-order valence-electron chi connectivity index (χ1n) is 10.3. The normalized spacial score (nSPS) is 37.7. The van der Waals surface area contributed by atoms with Crippen molar-refractivity contribution < 1.29 is 15.0 Å². The number of anilines is 1. The van der Waals surface area contributed by atoms with Crippen molar-refractivity contribution in [3.05, 3.63) is 18.3 Å². The molecule has 4 saturated carbocycles. The SMILES string of the molecule is O=C(CC12CC3CC(CC(O)(C3)C1)C2)N1CCN(c2ccc(O)cn2)CC1. The molecule has 4 aliphatic carbocycles. The first-order chi connectivity index (χ1) is 12.9. The average molecular weight is 371 g/mol. The summed E-state index contributed by atoms with van der Waals surface area (Å²) in [6.45, 7) is 2.97. The monoisotopic (exact) mass is 371 g/mol. The van der Waals surface area contributed by atoms with E-state index >= 15 is 0 Å². The predicted octanol–water partition coefficient (Wildman–Crippen LogP) is 2.16. The Morgan fingerprint density at radius 2 is 1.81 bits per heavy atom. The lowest BCUT2D eigenvalue weighted by Gasteiger charge is -2.60. The van der Waals surface area contributed by atoms with Crippen molar-refractivity contribution in [2.45, 2.75) is 50.5 Å². The minimum atomic E-state index is -0.492. The fourth-order valence-corrected chi connectivity index (χ4v) is 6.79. The Kier molecular flexibility index (Phi) is 3.90. The molecular formula is C21H29N3O3. The van der Waals surface area contributed by atoms with Crippen LogP contribution >= 0.6 is 0 Å². The van der Waals surface area contributed by atoms with Gasteiger partial charge in [0, 0.05) is 32.6 Å². The Balaban J connectivity index is 1.21. The van der Waals surface area contributed by atoms with Crippen molar-refractivity contribution >= 4 is 11.7 Å². The van der Waals surface area contributed by atoms with Crippen LogP contribution in [0.5, 0.6) is 5.75 Å². The van der Waals surface area contributed by atoms with Gasteiger partial charge in [0.1, 0.15) is 11.6 Å². The molecule has 1 aromatic heterocycles. The average Bonchev–Trinajstić information content (AvgIpc) is 2.60. The van der Waals surface area contributed by atoms with Crippen LogP contribution in [-0.4, -0.2) is 57.8 Å². The van der Waals surface area contributed by atoms with Crippen LogP contribution in [0, 0.1) is 17.3 Å². The summed E-state index contributed by atoms with van der Waals surface area (Å²) in [5, 5.41) is 20.3. The Bertz CT molecular complexity index is 713. The van der Waals surface area contributed by atoms with E-state index < -0.39 is 5.60 Å². The van der Waals surface area contributed by atoms with Gasteiger partial charge in [-0.25, -0.2) is 4.98 Å². The summed E-state index contributed by atoms with van der Waals surface area (Å²) in [4.78, 5) is 21.5. The van der Waals surface area contributed by atoms with Gasteiger partial charge in [-0.05, 0) is 67.9 Å². The van der Waals surface area contributed by atoms with Gasteiger partial charge in [-0.3, -0.25) is 4.79 Å². The number of aromatic nitrogens is 1. The highest BCUT2D eigenvalue weighted by Gasteiger charge is 2.57. The predicted molar refractivity (Wildman–Crippen MR) is 101 cm³/mol. The molecule has 1 aromatic rings. The Morgan fingerprint density at radius 3 is 2.41 bits per heavy atom. The van der Waals surface area contributed by atoms with Crippen LogP contribution in [0.1, 0.15) is 44.9 Å². The smallest absolute Gasteiger partial charge is 0.223 e. The number of hydrogen-bond donors (Lipinski definition) is 2. The van der Waals surface area contributed by atoms with Gasteiger partial charge >= 0.3 is 0 Å². The highest BCUT2D eigenvalue weighted by molar-refractivity contribution is 5.77. The maximum absolute atomic E-state index is 13.1. The molecule has 6 heteroatoms. The summed E-state index contributed by atoms with van der Waals surface area (Å²) < 4.78 is 0. The molecule has 0 spiro atoms. The Morgan fingerprint density at radius 1 is 1.11 bits per heavy atom. The molecular weight excluding hydrogens is 342 g/mol. The topological polar surface area (TPSA) is 76.9 Å². The van der Waals surface area contributed by atoms with Gasteiger partial charge in [0.2, 0.25) is 5.91 Å². The van der Waals surface area contributed by atoms with Crippen LogP contribution in [-0.2, 0) is 4.79 Å². The summed E-state index contributed by atoms with van der Waals surface area (Å²) in [5.74, 6) is 2.54. The van der Waals surface area contributed by atoms with E-state index in [1.165, 1.54) is 12.6 Å². The molecule has 1 amide bonds. The fourth-order valence-electron chi connectivity index (χ4n) is 6.79. The third-order valence-electron chi connectivity index (χ3n) is 7.37. The van der Waals surface area contributed by atoms with Crippen LogP contribution in [0.2, 0.25) is 0 Å². The van der Waals surface area contributed by atoms with E-state index in [9.17, 15) is 15.0 Å². The lowest BCUT2D eigenvalue weighted by atomic mass is 9.47. The minimum absolute atomic E-state index is 0.0472. The van der Waals surface area contributed by atoms with Gasteiger partial charge in [0.25, 0.3) is 0 Å². The molecule has 6 rings (SSSR count). The molecule has 146 valence electrons. The third kappa shape index (κ3) is 3.18. The number of pyridine rings is 1. The second-order valence-corrected chi connectivity index (χ2v) is 9.60. The number of amides is 1. The summed E-state index contributed by atoms with van der Waals surface area (Å²) >= 11 is 0. The standard InChI is InChI=1S/C21H29N3O3/c25-17-1-2-18(22-13-17)23-3-5-24(6-4-23)19(26)12-20-8-15-7-16(9-20)11-21(27,10-15)14-20/h1-2,13,15-16,25,27H,3-12,14H2. The van der Waals surface area contributed by atoms with E-state index in [2.05, 4.69) is 9.88 Å². The molecule has 0 aromatic carbocycles. The van der Waals surface area contributed by atoms with Crippen LogP contribution in [0.3, 0.4) is 0 Å². The van der Waals surface area contributed by atoms with Crippen molar-refractivity contribution in [3.8, 4) is 5.75 Å². The number of aromatic hydroxyl groups is 1. The zero-order chi connectivity index (χ0) is 18.6. The lowest BCUT2D eigenvalue weighted by Crippen LogP contribution is -2.57. The van der Waals surface area contributed by atoms with E-state index in [0.29, 0.717) is 31.3 Å². The summed E-state index contributed by atoms with van der Waals surface area (Å²) in [5.41, 5.74) is -0.445. The zero-order valence-corrected chi connectivity index (χ0v) is 15.8. The molecule has 2 N–H and O–H groups in total. The van der Waals surface area contributed by atoms with E-state index in [-0.39, 0.29) is 17.1 Å². The number of piperazine rings is 1. The van der Waals surface area contributed by atoms with E-state index in [4.69, 9.17) is 0 Å². The molecule has 1 saturated heterocycles. The number of hydrogen-bond acceptors (Lipinski definition) is 5. The summed E-state index contributed by atoms with van der Waals surface area (Å²) in [6.07, 6.45) is 8.34. The Hall–Kier alpha value is -1.82. The molecule has 2 atom stereocenters. The first kappa shape index (κ1) is 17.3. The molecule has 2 heterocycles. The number of nitrogens with zero attached hydrogens (tertiary/aromatic N) is 3. The number of carbonyl (C=O) groups is 1. The molecule has 6 nitrogen and oxygen atoms in total. The van der Waals surface area contributed by atoms with Gasteiger partial charge in [0.05, 0.1) is 11.8 Å². The number of rotatable bonds is 3. The number of carbonyl (C=O) groups excluding carboxylic acids is 1. The maximum Gasteiger partial charge on any atom is 0.223 e. The van der Waals surface area contributed by atoms with Gasteiger partial charge < -0.3 is 20.0 Å². The van der Waals surface area contributed by atoms with E-state index in [1.807, 2.05) is 11.0 Å². The highest BCUT2D eigenvalue weighted by Crippen LogP contribution is 2.62. The van der Waals surface area contributed by atoms with E-state index in [1.54, 1.807) is 6.07 Å². The van der Waals surface area contributed by atoms with Gasteiger partial charge in [0.15, 0.2) is 0 Å². The third-order valence-corrected chi connectivity index (χ3v) is 7.37. The van der Waals surface area contributed by atoms with Crippen molar-refractivity contribution in [1.82, 2.24) is 9.88 Å².